The van der Waals surface area contributed by atoms with Gasteiger partial charge in [0.15, 0.2) is 0 Å². The van der Waals surface area contributed by atoms with Crippen LogP contribution in [0.2, 0.25) is 5.02 Å². The molecular weight excluding hydrogens is 364 g/mol. The maximum atomic E-state index is 12.4. The van der Waals surface area contributed by atoms with Gasteiger partial charge < -0.3 is 10.1 Å². The summed E-state index contributed by atoms with van der Waals surface area (Å²) in [5.41, 5.74) is 2.74. The van der Waals surface area contributed by atoms with Gasteiger partial charge in [0.05, 0.1) is 13.7 Å². The van der Waals surface area contributed by atoms with Gasteiger partial charge in [-0.05, 0) is 55.3 Å². The first-order valence-electron chi connectivity index (χ1n) is 7.43. The Morgan fingerprint density at radius 3 is 2.48 bits per heavy atom. The van der Waals surface area contributed by atoms with Crippen molar-refractivity contribution in [3.63, 3.8) is 0 Å². The molecule has 0 fully saturated rings. The molecule has 0 aliphatic carbocycles. The number of nitrogens with one attached hydrogen (secondary N) is 2. The molecule has 0 aliphatic rings. The highest BCUT2D eigenvalue weighted by Crippen LogP contribution is 2.26. The summed E-state index contributed by atoms with van der Waals surface area (Å²) in [7, 11) is -2.59. The van der Waals surface area contributed by atoms with Crippen molar-refractivity contribution in [2.75, 3.05) is 19.0 Å². The Labute approximate surface area is 152 Å². The number of ether oxygens (including phenoxy) is 1. The maximum Gasteiger partial charge on any atom is 0.244 e. The molecule has 2 aromatic carbocycles. The van der Waals surface area contributed by atoms with E-state index < -0.39 is 22.5 Å². The summed E-state index contributed by atoms with van der Waals surface area (Å²) in [6.45, 7) is 3.48. The Balaban J connectivity index is 2.07. The topological polar surface area (TPSA) is 84.5 Å². The van der Waals surface area contributed by atoms with E-state index in [0.717, 1.165) is 11.1 Å². The first-order valence-corrected chi connectivity index (χ1v) is 9.29. The second kappa shape index (κ2) is 7.86. The van der Waals surface area contributed by atoms with E-state index in [9.17, 15) is 13.2 Å². The van der Waals surface area contributed by atoms with Crippen LogP contribution in [0.5, 0.6) is 5.75 Å². The van der Waals surface area contributed by atoms with Crippen molar-refractivity contribution in [1.82, 2.24) is 4.72 Å². The van der Waals surface area contributed by atoms with E-state index in [4.69, 9.17) is 16.3 Å². The summed E-state index contributed by atoms with van der Waals surface area (Å²) in [5.74, 6) is -0.334. The van der Waals surface area contributed by atoms with Crippen molar-refractivity contribution >= 4 is 33.2 Å². The van der Waals surface area contributed by atoms with Crippen molar-refractivity contribution in [3.05, 3.63) is 52.5 Å². The van der Waals surface area contributed by atoms with Crippen LogP contribution in [-0.2, 0) is 14.8 Å². The minimum atomic E-state index is -3.95. The van der Waals surface area contributed by atoms with Crippen molar-refractivity contribution in [2.45, 2.75) is 18.7 Å². The van der Waals surface area contributed by atoms with E-state index in [1.54, 1.807) is 6.07 Å². The summed E-state index contributed by atoms with van der Waals surface area (Å²) >= 11 is 5.85. The van der Waals surface area contributed by atoms with Crippen LogP contribution in [0.25, 0.3) is 0 Å². The zero-order chi connectivity index (χ0) is 18.6. The smallest absolute Gasteiger partial charge is 0.244 e. The summed E-state index contributed by atoms with van der Waals surface area (Å²) < 4.78 is 32.1. The third-order valence-corrected chi connectivity index (χ3v) is 5.29. The molecule has 25 heavy (non-hydrogen) atoms. The molecule has 2 N–H and O–H groups in total. The molecule has 1 amide bonds. The van der Waals surface area contributed by atoms with Gasteiger partial charge in [0.25, 0.3) is 0 Å². The minimum absolute atomic E-state index is 0.124. The SMILES string of the molecule is COc1ccc(Cl)cc1S(=O)(=O)NCC(=O)Nc1ccc(C)c(C)c1. The molecule has 0 spiro atoms. The fraction of sp³-hybridized carbons (Fsp3) is 0.235. The molecule has 0 saturated carbocycles. The lowest BCUT2D eigenvalue weighted by Gasteiger charge is -2.12. The molecular formula is C17H19ClN2O4S. The first-order chi connectivity index (χ1) is 11.7. The molecule has 8 heteroatoms. The largest absolute Gasteiger partial charge is 0.495 e. The van der Waals surface area contributed by atoms with Crippen molar-refractivity contribution in [3.8, 4) is 5.75 Å². The summed E-state index contributed by atoms with van der Waals surface area (Å²) in [6, 6.07) is 9.70. The van der Waals surface area contributed by atoms with Crippen LogP contribution in [0.3, 0.4) is 0 Å². The number of amides is 1. The summed E-state index contributed by atoms with van der Waals surface area (Å²) in [6.07, 6.45) is 0. The summed E-state index contributed by atoms with van der Waals surface area (Å²) in [5, 5.41) is 2.90. The van der Waals surface area contributed by atoms with E-state index in [1.807, 2.05) is 26.0 Å². The lowest BCUT2D eigenvalue weighted by Crippen LogP contribution is -2.33. The average molecular weight is 383 g/mol. The number of halogens is 1. The molecule has 2 rings (SSSR count). The number of hydrogen-bond acceptors (Lipinski definition) is 4. The zero-order valence-electron chi connectivity index (χ0n) is 14.1. The molecule has 0 saturated heterocycles. The molecule has 0 aromatic heterocycles. The van der Waals surface area contributed by atoms with E-state index in [2.05, 4.69) is 10.0 Å². The fourth-order valence-electron chi connectivity index (χ4n) is 2.12. The van der Waals surface area contributed by atoms with E-state index in [0.29, 0.717) is 5.69 Å². The Morgan fingerprint density at radius 2 is 1.84 bits per heavy atom. The highest BCUT2D eigenvalue weighted by molar-refractivity contribution is 7.89. The highest BCUT2D eigenvalue weighted by atomic mass is 35.5. The summed E-state index contributed by atoms with van der Waals surface area (Å²) in [4.78, 5) is 11.9. The van der Waals surface area contributed by atoms with Crippen LogP contribution in [0.1, 0.15) is 11.1 Å². The van der Waals surface area contributed by atoms with E-state index in [1.165, 1.54) is 25.3 Å². The van der Waals surface area contributed by atoms with Gasteiger partial charge in [-0.1, -0.05) is 17.7 Å². The molecule has 134 valence electrons. The molecule has 0 aliphatic heterocycles. The molecule has 0 radical (unpaired) electrons. The number of methoxy groups -OCH3 is 1. The lowest BCUT2D eigenvalue weighted by molar-refractivity contribution is -0.115. The number of rotatable bonds is 6. The minimum Gasteiger partial charge on any atom is -0.495 e. The number of anilines is 1. The quantitative estimate of drug-likeness (QED) is 0.804. The Morgan fingerprint density at radius 1 is 1.12 bits per heavy atom. The van der Waals surface area contributed by atoms with Gasteiger partial charge >= 0.3 is 0 Å². The number of carbonyl (C=O) groups excluding carboxylic acids is 1. The molecule has 6 nitrogen and oxygen atoms in total. The average Bonchev–Trinajstić information content (AvgIpc) is 2.56. The predicted octanol–water partition coefficient (Wildman–Crippen LogP) is 2.88. The number of benzene rings is 2. The van der Waals surface area contributed by atoms with Crippen LogP contribution in [0.15, 0.2) is 41.3 Å². The molecule has 0 heterocycles. The number of sulfonamides is 1. The Kier molecular flexibility index (Phi) is 6.05. The Hall–Kier alpha value is -2.09. The van der Waals surface area contributed by atoms with Gasteiger partial charge in [-0.15, -0.1) is 0 Å². The van der Waals surface area contributed by atoms with Crippen molar-refractivity contribution in [1.29, 1.82) is 0 Å². The molecule has 0 bridgehead atoms. The van der Waals surface area contributed by atoms with Crippen molar-refractivity contribution in [2.24, 2.45) is 0 Å². The maximum absolute atomic E-state index is 12.4. The second-order valence-electron chi connectivity index (χ2n) is 5.47. The zero-order valence-corrected chi connectivity index (χ0v) is 15.7. The van der Waals surface area contributed by atoms with Crippen LogP contribution in [0, 0.1) is 13.8 Å². The predicted molar refractivity (Wildman–Crippen MR) is 97.7 cm³/mol. The number of carbonyl (C=O) groups is 1. The van der Waals surface area contributed by atoms with Gasteiger partial charge in [0.1, 0.15) is 10.6 Å². The lowest BCUT2D eigenvalue weighted by atomic mass is 10.1. The van der Waals surface area contributed by atoms with Gasteiger partial charge in [-0.25, -0.2) is 13.1 Å². The van der Waals surface area contributed by atoms with E-state index >= 15 is 0 Å². The normalized spacial score (nSPS) is 11.2. The van der Waals surface area contributed by atoms with Gasteiger partial charge in [0.2, 0.25) is 15.9 Å². The molecule has 0 atom stereocenters. The third-order valence-electron chi connectivity index (χ3n) is 3.63. The third kappa shape index (κ3) is 4.94. The van der Waals surface area contributed by atoms with Gasteiger partial charge in [-0.2, -0.15) is 0 Å². The van der Waals surface area contributed by atoms with E-state index in [-0.39, 0.29) is 15.7 Å². The van der Waals surface area contributed by atoms with Crippen LogP contribution in [0.4, 0.5) is 5.69 Å². The standard InChI is InChI=1S/C17H19ClN2O4S/c1-11-4-6-14(8-12(11)2)20-17(21)10-19-25(22,23)16-9-13(18)5-7-15(16)24-3/h4-9,19H,10H2,1-3H3,(H,20,21). The van der Waals surface area contributed by atoms with Gasteiger partial charge in [-0.3, -0.25) is 4.79 Å². The van der Waals surface area contributed by atoms with Crippen LogP contribution < -0.4 is 14.8 Å². The Bertz CT molecular complexity index is 898. The fourth-order valence-corrected chi connectivity index (χ4v) is 3.53. The van der Waals surface area contributed by atoms with Gasteiger partial charge in [0, 0.05) is 10.7 Å². The number of aryl methyl sites for hydroxylation is 2. The molecule has 0 unspecified atom stereocenters. The number of hydrogen-bond donors (Lipinski definition) is 2. The highest BCUT2D eigenvalue weighted by Gasteiger charge is 2.21. The molecule has 2 aromatic rings. The van der Waals surface area contributed by atoms with Crippen LogP contribution in [-0.4, -0.2) is 28.0 Å². The second-order valence-corrected chi connectivity index (χ2v) is 7.64. The van der Waals surface area contributed by atoms with Crippen LogP contribution >= 0.6 is 11.6 Å². The monoisotopic (exact) mass is 382 g/mol. The van der Waals surface area contributed by atoms with Crippen molar-refractivity contribution < 1.29 is 17.9 Å². The first kappa shape index (κ1) is 19.2.